The van der Waals surface area contributed by atoms with Gasteiger partial charge < -0.3 is 19.5 Å². The number of benzene rings is 1. The molecular weight excluding hydrogens is 302 g/mol. The van der Waals surface area contributed by atoms with Crippen LogP contribution in [0.1, 0.15) is 12.8 Å². The van der Waals surface area contributed by atoms with E-state index in [1.54, 1.807) is 7.11 Å². The van der Waals surface area contributed by atoms with Gasteiger partial charge in [-0.05, 0) is 36.4 Å². The second-order valence-electron chi connectivity index (χ2n) is 6.57. The van der Waals surface area contributed by atoms with E-state index in [2.05, 4.69) is 39.2 Å². The van der Waals surface area contributed by atoms with Crippen molar-refractivity contribution in [3.05, 3.63) is 36.5 Å². The topological polar surface area (TPSA) is 46.5 Å². The highest BCUT2D eigenvalue weighted by Gasteiger charge is 2.22. The fourth-order valence-corrected chi connectivity index (χ4v) is 3.41. The lowest BCUT2D eigenvalue weighted by molar-refractivity contribution is -0.121. The summed E-state index contributed by atoms with van der Waals surface area (Å²) in [5, 5.41) is 4.32. The minimum atomic E-state index is 0.142. The average Bonchev–Trinajstić information content (AvgIpc) is 3.23. The van der Waals surface area contributed by atoms with Crippen LogP contribution in [0.25, 0.3) is 10.9 Å². The standard InChI is InChI=1S/C19H27N3O2/c1-24-13-12-21-9-6-16(15-21)14-20-19(23)8-11-22-10-7-17-4-2-3-5-18(17)22/h2-5,7,10,16H,6,8-9,11-15H2,1H3,(H,20,23)/t16-/m1/s1. The number of nitrogens with one attached hydrogen (secondary N) is 1. The van der Waals surface area contributed by atoms with Crippen LogP contribution in [0.15, 0.2) is 36.5 Å². The molecule has 0 aliphatic carbocycles. The number of methoxy groups -OCH3 is 1. The van der Waals surface area contributed by atoms with E-state index in [1.165, 1.54) is 10.9 Å². The number of rotatable bonds is 8. The van der Waals surface area contributed by atoms with E-state index >= 15 is 0 Å². The number of amides is 1. The lowest BCUT2D eigenvalue weighted by Crippen LogP contribution is -2.32. The zero-order chi connectivity index (χ0) is 16.8. The minimum Gasteiger partial charge on any atom is -0.383 e. The number of hydrogen-bond donors (Lipinski definition) is 1. The summed E-state index contributed by atoms with van der Waals surface area (Å²) in [6.45, 7) is 5.45. The molecule has 0 radical (unpaired) electrons. The van der Waals surface area contributed by atoms with Crippen LogP contribution in [0.4, 0.5) is 0 Å². The van der Waals surface area contributed by atoms with Crippen LogP contribution in [-0.2, 0) is 16.1 Å². The van der Waals surface area contributed by atoms with Crippen LogP contribution in [0, 0.1) is 5.92 Å². The van der Waals surface area contributed by atoms with Gasteiger partial charge in [-0.15, -0.1) is 0 Å². The van der Waals surface area contributed by atoms with Gasteiger partial charge in [0.2, 0.25) is 5.91 Å². The summed E-state index contributed by atoms with van der Waals surface area (Å²) >= 11 is 0. The molecule has 0 bridgehead atoms. The lowest BCUT2D eigenvalue weighted by Gasteiger charge is -2.15. The quantitative estimate of drug-likeness (QED) is 0.807. The Kier molecular flexibility index (Phi) is 5.88. The van der Waals surface area contributed by atoms with E-state index in [0.29, 0.717) is 12.3 Å². The number of carbonyl (C=O) groups is 1. The van der Waals surface area contributed by atoms with Crippen molar-refractivity contribution in [3.63, 3.8) is 0 Å². The number of hydrogen-bond acceptors (Lipinski definition) is 3. The average molecular weight is 329 g/mol. The highest BCUT2D eigenvalue weighted by atomic mass is 16.5. The van der Waals surface area contributed by atoms with E-state index in [9.17, 15) is 4.79 Å². The Morgan fingerprint density at radius 1 is 1.29 bits per heavy atom. The van der Waals surface area contributed by atoms with Gasteiger partial charge in [-0.3, -0.25) is 4.79 Å². The van der Waals surface area contributed by atoms with Crippen molar-refractivity contribution >= 4 is 16.8 Å². The third kappa shape index (κ3) is 4.36. The summed E-state index contributed by atoms with van der Waals surface area (Å²) < 4.78 is 7.27. The van der Waals surface area contributed by atoms with Crippen molar-refractivity contribution in [3.8, 4) is 0 Å². The fraction of sp³-hybridized carbons (Fsp3) is 0.526. The molecule has 0 saturated carbocycles. The summed E-state index contributed by atoms with van der Waals surface area (Å²) in [6.07, 6.45) is 3.74. The molecule has 1 atom stereocenters. The normalized spacial score (nSPS) is 18.3. The van der Waals surface area contributed by atoms with Crippen molar-refractivity contribution in [1.82, 2.24) is 14.8 Å². The van der Waals surface area contributed by atoms with Crippen molar-refractivity contribution in [2.24, 2.45) is 5.92 Å². The molecule has 130 valence electrons. The number of fused-ring (bicyclic) bond motifs is 1. The molecule has 1 N–H and O–H groups in total. The minimum absolute atomic E-state index is 0.142. The molecule has 1 aliphatic heterocycles. The molecule has 0 unspecified atom stereocenters. The summed E-state index contributed by atoms with van der Waals surface area (Å²) in [5.74, 6) is 0.710. The zero-order valence-corrected chi connectivity index (χ0v) is 14.4. The number of ether oxygens (including phenoxy) is 1. The van der Waals surface area contributed by atoms with Crippen molar-refractivity contribution in [2.45, 2.75) is 19.4 Å². The Labute approximate surface area is 143 Å². The van der Waals surface area contributed by atoms with Crippen LogP contribution < -0.4 is 5.32 Å². The molecule has 0 spiro atoms. The van der Waals surface area contributed by atoms with Crippen molar-refractivity contribution in [2.75, 3.05) is 39.9 Å². The first kappa shape index (κ1) is 17.0. The van der Waals surface area contributed by atoms with Gasteiger partial charge in [0.15, 0.2) is 0 Å². The summed E-state index contributed by atoms with van der Waals surface area (Å²) in [7, 11) is 1.74. The molecule has 1 aliphatic rings. The Morgan fingerprint density at radius 3 is 3.04 bits per heavy atom. The largest absolute Gasteiger partial charge is 0.383 e. The van der Waals surface area contributed by atoms with E-state index in [0.717, 1.165) is 45.8 Å². The molecule has 1 aromatic heterocycles. The monoisotopic (exact) mass is 329 g/mol. The van der Waals surface area contributed by atoms with Crippen LogP contribution in [0.3, 0.4) is 0 Å². The molecule has 1 aromatic carbocycles. The van der Waals surface area contributed by atoms with Gasteiger partial charge in [-0.25, -0.2) is 0 Å². The SMILES string of the molecule is COCCN1CC[C@H](CNC(=O)CCn2ccc3ccccc32)C1. The molecule has 1 fully saturated rings. The van der Waals surface area contributed by atoms with Crippen LogP contribution in [0.5, 0.6) is 0 Å². The van der Waals surface area contributed by atoms with Gasteiger partial charge in [0.05, 0.1) is 6.61 Å². The lowest BCUT2D eigenvalue weighted by atomic mass is 10.1. The molecule has 5 heteroatoms. The molecule has 24 heavy (non-hydrogen) atoms. The summed E-state index contributed by atoms with van der Waals surface area (Å²) in [4.78, 5) is 14.5. The number of aromatic nitrogens is 1. The molecule has 5 nitrogen and oxygen atoms in total. The maximum Gasteiger partial charge on any atom is 0.221 e. The maximum absolute atomic E-state index is 12.1. The Balaban J connectivity index is 1.39. The van der Waals surface area contributed by atoms with Gasteiger partial charge in [0, 0.05) is 51.4 Å². The first-order valence-corrected chi connectivity index (χ1v) is 8.78. The maximum atomic E-state index is 12.1. The Morgan fingerprint density at radius 2 is 2.17 bits per heavy atom. The molecule has 3 rings (SSSR count). The van der Waals surface area contributed by atoms with E-state index < -0.39 is 0 Å². The molecule has 2 heterocycles. The first-order chi connectivity index (χ1) is 11.8. The van der Waals surface area contributed by atoms with Gasteiger partial charge in [-0.1, -0.05) is 18.2 Å². The molecule has 1 saturated heterocycles. The summed E-state index contributed by atoms with van der Waals surface area (Å²) in [6, 6.07) is 10.4. The third-order valence-electron chi connectivity index (χ3n) is 4.83. The second kappa shape index (κ2) is 8.31. The first-order valence-electron chi connectivity index (χ1n) is 8.78. The number of likely N-dealkylation sites (tertiary alicyclic amines) is 1. The number of nitrogens with zero attached hydrogens (tertiary/aromatic N) is 2. The second-order valence-corrected chi connectivity index (χ2v) is 6.57. The molecular formula is C19H27N3O2. The predicted molar refractivity (Wildman–Crippen MR) is 96.0 cm³/mol. The predicted octanol–water partition coefficient (Wildman–Crippen LogP) is 2.12. The number of para-hydroxylation sites is 1. The van der Waals surface area contributed by atoms with Crippen LogP contribution in [-0.4, -0.2) is 55.3 Å². The van der Waals surface area contributed by atoms with Gasteiger partial charge >= 0.3 is 0 Å². The van der Waals surface area contributed by atoms with E-state index in [1.807, 2.05) is 12.1 Å². The smallest absolute Gasteiger partial charge is 0.221 e. The molecule has 1 amide bonds. The van der Waals surface area contributed by atoms with Crippen molar-refractivity contribution in [1.29, 1.82) is 0 Å². The number of carbonyl (C=O) groups excluding carboxylic acids is 1. The van der Waals surface area contributed by atoms with Crippen molar-refractivity contribution < 1.29 is 9.53 Å². The van der Waals surface area contributed by atoms with Gasteiger partial charge in [0.25, 0.3) is 0 Å². The highest BCUT2D eigenvalue weighted by molar-refractivity contribution is 5.80. The van der Waals surface area contributed by atoms with Crippen LogP contribution in [0.2, 0.25) is 0 Å². The third-order valence-corrected chi connectivity index (χ3v) is 4.83. The van der Waals surface area contributed by atoms with Gasteiger partial charge in [0.1, 0.15) is 0 Å². The summed E-state index contributed by atoms with van der Waals surface area (Å²) in [5.41, 5.74) is 1.19. The number of aryl methyl sites for hydroxylation is 1. The molecule has 2 aromatic rings. The highest BCUT2D eigenvalue weighted by Crippen LogP contribution is 2.16. The van der Waals surface area contributed by atoms with Gasteiger partial charge in [-0.2, -0.15) is 0 Å². The van der Waals surface area contributed by atoms with Crippen LogP contribution >= 0.6 is 0 Å². The Bertz CT molecular complexity index is 667. The van der Waals surface area contributed by atoms with E-state index in [4.69, 9.17) is 4.74 Å². The van der Waals surface area contributed by atoms with E-state index in [-0.39, 0.29) is 5.91 Å². The zero-order valence-electron chi connectivity index (χ0n) is 14.4. The Hall–Kier alpha value is -1.85. The fourth-order valence-electron chi connectivity index (χ4n) is 3.41.